The van der Waals surface area contributed by atoms with Gasteiger partial charge in [0.2, 0.25) is 0 Å². The summed E-state index contributed by atoms with van der Waals surface area (Å²) >= 11 is 0. The van der Waals surface area contributed by atoms with Crippen LogP contribution in [0.25, 0.3) is 0 Å². The first-order chi connectivity index (χ1) is 6.97. The van der Waals surface area contributed by atoms with Gasteiger partial charge in [0.1, 0.15) is 0 Å². The van der Waals surface area contributed by atoms with Crippen LogP contribution in [0.3, 0.4) is 0 Å². The molecular formula is C12H25NO2. The molecule has 1 unspecified atom stereocenters. The summed E-state index contributed by atoms with van der Waals surface area (Å²) in [6.45, 7) is 6.57. The Bertz CT molecular complexity index is 171. The van der Waals surface area contributed by atoms with Crippen molar-refractivity contribution in [2.24, 2.45) is 0 Å². The lowest BCUT2D eigenvalue weighted by molar-refractivity contribution is -0.00671. The van der Waals surface area contributed by atoms with Crippen molar-refractivity contribution in [2.75, 3.05) is 26.7 Å². The molecule has 1 aliphatic heterocycles. The number of rotatable bonds is 5. The highest BCUT2D eigenvalue weighted by molar-refractivity contribution is 4.71. The van der Waals surface area contributed by atoms with Crippen molar-refractivity contribution in [1.82, 2.24) is 4.90 Å². The molecule has 1 saturated heterocycles. The van der Waals surface area contributed by atoms with E-state index in [1.807, 2.05) is 13.8 Å². The molecule has 1 heterocycles. The largest absolute Gasteiger partial charge is 0.390 e. The van der Waals surface area contributed by atoms with Crippen molar-refractivity contribution >= 4 is 0 Å². The van der Waals surface area contributed by atoms with Gasteiger partial charge in [-0.25, -0.2) is 0 Å². The number of ether oxygens (including phenoxy) is 1. The minimum atomic E-state index is -0.554. The molecule has 0 saturated carbocycles. The highest BCUT2D eigenvalue weighted by Gasteiger charge is 2.18. The maximum atomic E-state index is 9.61. The van der Waals surface area contributed by atoms with Crippen LogP contribution in [0.5, 0.6) is 0 Å². The normalized spacial score (nSPS) is 23.4. The van der Waals surface area contributed by atoms with Crippen LogP contribution in [0.2, 0.25) is 0 Å². The highest BCUT2D eigenvalue weighted by atomic mass is 16.5. The van der Waals surface area contributed by atoms with E-state index in [0.29, 0.717) is 6.10 Å². The second-order valence-corrected chi connectivity index (χ2v) is 5.31. The molecule has 0 radical (unpaired) electrons. The maximum Gasteiger partial charge on any atom is 0.0701 e. The van der Waals surface area contributed by atoms with Crippen molar-refractivity contribution in [3.63, 3.8) is 0 Å². The Labute approximate surface area is 93.4 Å². The number of aliphatic hydroxyl groups is 1. The van der Waals surface area contributed by atoms with Gasteiger partial charge >= 0.3 is 0 Å². The SMILES string of the molecule is CN(CCC(C)(C)O)CC1CCCCO1. The fourth-order valence-electron chi connectivity index (χ4n) is 1.85. The van der Waals surface area contributed by atoms with Gasteiger partial charge < -0.3 is 14.7 Å². The Morgan fingerprint density at radius 1 is 1.40 bits per heavy atom. The Morgan fingerprint density at radius 3 is 2.67 bits per heavy atom. The van der Waals surface area contributed by atoms with E-state index < -0.39 is 5.60 Å². The summed E-state index contributed by atoms with van der Waals surface area (Å²) in [5.41, 5.74) is -0.554. The smallest absolute Gasteiger partial charge is 0.0701 e. The van der Waals surface area contributed by atoms with E-state index in [0.717, 1.165) is 26.1 Å². The predicted molar refractivity (Wildman–Crippen MR) is 62.0 cm³/mol. The third-order valence-corrected chi connectivity index (χ3v) is 2.89. The zero-order chi connectivity index (χ0) is 11.3. The minimum absolute atomic E-state index is 0.408. The van der Waals surface area contributed by atoms with Gasteiger partial charge in [-0.2, -0.15) is 0 Å². The Kier molecular flexibility index (Phi) is 5.03. The van der Waals surface area contributed by atoms with E-state index >= 15 is 0 Å². The fraction of sp³-hybridized carbons (Fsp3) is 1.00. The number of hydrogen-bond acceptors (Lipinski definition) is 3. The van der Waals surface area contributed by atoms with Crippen molar-refractivity contribution < 1.29 is 9.84 Å². The molecule has 3 nitrogen and oxygen atoms in total. The first-order valence-corrected chi connectivity index (χ1v) is 6.00. The van der Waals surface area contributed by atoms with Crippen LogP contribution in [-0.2, 0) is 4.74 Å². The van der Waals surface area contributed by atoms with Gasteiger partial charge in [0, 0.05) is 19.7 Å². The van der Waals surface area contributed by atoms with E-state index in [2.05, 4.69) is 11.9 Å². The molecule has 0 aliphatic carbocycles. The van der Waals surface area contributed by atoms with Crippen LogP contribution in [0.15, 0.2) is 0 Å². The summed E-state index contributed by atoms with van der Waals surface area (Å²) in [5.74, 6) is 0. The predicted octanol–water partition coefficient (Wildman–Crippen LogP) is 1.65. The third kappa shape index (κ3) is 6.13. The average Bonchev–Trinajstić information content (AvgIpc) is 2.15. The van der Waals surface area contributed by atoms with Gasteiger partial charge in [-0.1, -0.05) is 0 Å². The Hall–Kier alpha value is -0.120. The van der Waals surface area contributed by atoms with E-state index in [1.165, 1.54) is 19.3 Å². The Morgan fingerprint density at radius 2 is 2.13 bits per heavy atom. The average molecular weight is 215 g/mol. The zero-order valence-electron chi connectivity index (χ0n) is 10.3. The molecule has 1 fully saturated rings. The molecule has 90 valence electrons. The van der Waals surface area contributed by atoms with Crippen LogP contribution >= 0.6 is 0 Å². The van der Waals surface area contributed by atoms with Gasteiger partial charge in [-0.3, -0.25) is 0 Å². The van der Waals surface area contributed by atoms with Crippen molar-refractivity contribution in [2.45, 2.75) is 51.2 Å². The van der Waals surface area contributed by atoms with Gasteiger partial charge in [0.15, 0.2) is 0 Å². The van der Waals surface area contributed by atoms with E-state index in [1.54, 1.807) is 0 Å². The van der Waals surface area contributed by atoms with Gasteiger partial charge in [-0.15, -0.1) is 0 Å². The molecule has 0 aromatic heterocycles. The number of nitrogens with zero attached hydrogens (tertiary/aromatic N) is 1. The second kappa shape index (κ2) is 5.83. The van der Waals surface area contributed by atoms with Crippen LogP contribution in [0.4, 0.5) is 0 Å². The van der Waals surface area contributed by atoms with E-state index in [-0.39, 0.29) is 0 Å². The molecule has 3 heteroatoms. The first-order valence-electron chi connectivity index (χ1n) is 6.00. The maximum absolute atomic E-state index is 9.61. The lowest BCUT2D eigenvalue weighted by Crippen LogP contribution is -2.36. The second-order valence-electron chi connectivity index (χ2n) is 5.31. The summed E-state index contributed by atoms with van der Waals surface area (Å²) in [6, 6.07) is 0. The van der Waals surface area contributed by atoms with Gasteiger partial charge in [0.25, 0.3) is 0 Å². The molecule has 0 aromatic carbocycles. The lowest BCUT2D eigenvalue weighted by Gasteiger charge is -2.28. The summed E-state index contributed by atoms with van der Waals surface area (Å²) in [7, 11) is 2.10. The lowest BCUT2D eigenvalue weighted by atomic mass is 10.0. The first kappa shape index (κ1) is 12.9. The van der Waals surface area contributed by atoms with E-state index in [9.17, 15) is 5.11 Å². The molecule has 0 aromatic rings. The number of hydrogen-bond donors (Lipinski definition) is 1. The van der Waals surface area contributed by atoms with Gasteiger partial charge in [0.05, 0.1) is 11.7 Å². The molecule has 0 bridgehead atoms. The topological polar surface area (TPSA) is 32.7 Å². The molecule has 1 rings (SSSR count). The highest BCUT2D eigenvalue weighted by Crippen LogP contribution is 2.14. The van der Waals surface area contributed by atoms with Crippen molar-refractivity contribution in [3.8, 4) is 0 Å². The van der Waals surface area contributed by atoms with E-state index in [4.69, 9.17) is 4.74 Å². The molecule has 1 N–H and O–H groups in total. The number of likely N-dealkylation sites (N-methyl/N-ethyl adjacent to an activating group) is 1. The van der Waals surface area contributed by atoms with Crippen LogP contribution in [-0.4, -0.2) is 48.5 Å². The Balaban J connectivity index is 2.14. The molecular weight excluding hydrogens is 190 g/mol. The van der Waals surface area contributed by atoms with Crippen LogP contribution in [0, 0.1) is 0 Å². The van der Waals surface area contributed by atoms with Crippen molar-refractivity contribution in [1.29, 1.82) is 0 Å². The summed E-state index contributed by atoms with van der Waals surface area (Å²) < 4.78 is 5.68. The molecule has 0 spiro atoms. The van der Waals surface area contributed by atoms with Crippen LogP contribution in [0.1, 0.15) is 39.5 Å². The third-order valence-electron chi connectivity index (χ3n) is 2.89. The summed E-state index contributed by atoms with van der Waals surface area (Å²) in [5, 5.41) is 9.61. The zero-order valence-corrected chi connectivity index (χ0v) is 10.3. The quantitative estimate of drug-likeness (QED) is 0.757. The molecule has 1 aliphatic rings. The standard InChI is InChI=1S/C12H25NO2/c1-12(2,14)7-8-13(3)10-11-6-4-5-9-15-11/h11,14H,4-10H2,1-3H3. The minimum Gasteiger partial charge on any atom is -0.390 e. The molecule has 15 heavy (non-hydrogen) atoms. The monoisotopic (exact) mass is 215 g/mol. The molecule has 0 amide bonds. The summed E-state index contributed by atoms with van der Waals surface area (Å²) in [4.78, 5) is 2.26. The van der Waals surface area contributed by atoms with Gasteiger partial charge in [-0.05, 0) is 46.6 Å². The van der Waals surface area contributed by atoms with Crippen molar-refractivity contribution in [3.05, 3.63) is 0 Å². The summed E-state index contributed by atoms with van der Waals surface area (Å²) in [6.07, 6.45) is 4.92. The molecule has 1 atom stereocenters. The van der Waals surface area contributed by atoms with Crippen LogP contribution < -0.4 is 0 Å². The fourth-order valence-corrected chi connectivity index (χ4v) is 1.85.